The van der Waals surface area contributed by atoms with E-state index in [9.17, 15) is 14.7 Å². The highest BCUT2D eigenvalue weighted by Gasteiger charge is 2.32. The Balaban J connectivity index is 1.92. The van der Waals surface area contributed by atoms with E-state index in [0.717, 1.165) is 25.7 Å². The number of rotatable bonds is 5. The van der Waals surface area contributed by atoms with Gasteiger partial charge in [0.05, 0.1) is 12.2 Å². The third kappa shape index (κ3) is 5.39. The highest BCUT2D eigenvalue weighted by molar-refractivity contribution is 5.83. The van der Waals surface area contributed by atoms with Crippen LogP contribution in [0.4, 0.5) is 4.79 Å². The minimum Gasteiger partial charge on any atom is -0.436 e. The van der Waals surface area contributed by atoms with Crippen molar-refractivity contribution in [3.63, 3.8) is 0 Å². The van der Waals surface area contributed by atoms with Crippen molar-refractivity contribution >= 4 is 12.0 Å². The lowest BCUT2D eigenvalue weighted by atomic mass is 9.85. The van der Waals surface area contributed by atoms with Gasteiger partial charge in [-0.15, -0.1) is 0 Å². The van der Waals surface area contributed by atoms with Crippen LogP contribution in [0.3, 0.4) is 0 Å². The van der Waals surface area contributed by atoms with Gasteiger partial charge in [-0.05, 0) is 18.8 Å². The third-order valence-electron chi connectivity index (χ3n) is 4.57. The molecule has 2 atom stereocenters. The van der Waals surface area contributed by atoms with Crippen molar-refractivity contribution in [3.05, 3.63) is 0 Å². The molecule has 7 nitrogen and oxygen atoms in total. The molecule has 2 amide bonds. The number of amides is 2. The van der Waals surface area contributed by atoms with Gasteiger partial charge in [0.2, 0.25) is 0 Å². The second-order valence-electron chi connectivity index (χ2n) is 6.38. The van der Waals surface area contributed by atoms with E-state index in [1.165, 1.54) is 11.3 Å². The molecule has 23 heavy (non-hydrogen) atoms. The maximum Gasteiger partial charge on any atom is 0.410 e. The van der Waals surface area contributed by atoms with Crippen molar-refractivity contribution in [2.75, 3.05) is 19.6 Å². The fourth-order valence-electron chi connectivity index (χ4n) is 3.28. The second-order valence-corrected chi connectivity index (χ2v) is 6.38. The zero-order chi connectivity index (χ0) is 16.7. The number of carbonyl (C=O) groups is 2. The molecule has 0 spiro atoms. The van der Waals surface area contributed by atoms with E-state index in [1.807, 2.05) is 6.07 Å². The van der Waals surface area contributed by atoms with Gasteiger partial charge in [-0.25, -0.2) is 4.79 Å². The summed E-state index contributed by atoms with van der Waals surface area (Å²) < 4.78 is 5.40. The summed E-state index contributed by atoms with van der Waals surface area (Å²) in [5.74, 6) is -0.0382. The normalized spacial score (nSPS) is 23.1. The Labute approximate surface area is 136 Å². The number of nitrogens with zero attached hydrogens (tertiary/aromatic N) is 2. The van der Waals surface area contributed by atoms with Crippen molar-refractivity contribution in [3.8, 4) is 6.07 Å². The monoisotopic (exact) mass is 323 g/mol. The lowest BCUT2D eigenvalue weighted by Crippen LogP contribution is -2.42. The number of hydrogen-bond donors (Lipinski definition) is 2. The molecule has 2 aliphatic rings. The number of hydrogen-bond acceptors (Lipinski definition) is 5. The summed E-state index contributed by atoms with van der Waals surface area (Å²) in [6.07, 6.45) is 4.67. The average Bonchev–Trinajstić information content (AvgIpc) is 2.99. The average molecular weight is 323 g/mol. The predicted molar refractivity (Wildman–Crippen MR) is 82.3 cm³/mol. The summed E-state index contributed by atoms with van der Waals surface area (Å²) in [5, 5.41) is 20.6. The van der Waals surface area contributed by atoms with Crippen molar-refractivity contribution in [1.82, 2.24) is 10.2 Å². The molecule has 0 aromatic carbocycles. The van der Waals surface area contributed by atoms with Gasteiger partial charge in [0, 0.05) is 13.1 Å². The van der Waals surface area contributed by atoms with Crippen LogP contribution in [0.5, 0.6) is 0 Å². The Morgan fingerprint density at radius 2 is 2.04 bits per heavy atom. The number of nitriles is 1. The zero-order valence-electron chi connectivity index (χ0n) is 13.4. The first-order valence-corrected chi connectivity index (χ1v) is 8.38. The number of β-amino-alcohol motifs (C(OH)–C–C–N with tert-alkyl or cyclic N) is 1. The number of likely N-dealkylation sites (tertiary alicyclic amines) is 1. The van der Waals surface area contributed by atoms with Crippen LogP contribution in [-0.2, 0) is 9.53 Å². The molecule has 1 saturated carbocycles. The standard InChI is InChI=1S/C16H25N3O4/c17-7-8-18-15(21)14(10-12-4-2-1-3-5-12)23-16(22)19-9-6-13(20)11-19/h12-14,20H,1-6,8-11H2,(H,18,21)/t13-,14-/m0/s1. The van der Waals surface area contributed by atoms with Crippen LogP contribution in [-0.4, -0.2) is 53.8 Å². The molecule has 0 bridgehead atoms. The number of carbonyl (C=O) groups excluding carboxylic acids is 2. The first-order valence-electron chi connectivity index (χ1n) is 8.38. The highest BCUT2D eigenvalue weighted by Crippen LogP contribution is 2.28. The third-order valence-corrected chi connectivity index (χ3v) is 4.57. The molecule has 0 aromatic rings. The molecular formula is C16H25N3O4. The predicted octanol–water partition coefficient (Wildman–Crippen LogP) is 1.17. The molecule has 1 saturated heterocycles. The highest BCUT2D eigenvalue weighted by atomic mass is 16.6. The Morgan fingerprint density at radius 1 is 1.30 bits per heavy atom. The topological polar surface area (TPSA) is 103 Å². The minimum atomic E-state index is -0.864. The van der Waals surface area contributed by atoms with Crippen molar-refractivity contribution in [2.45, 2.75) is 57.2 Å². The SMILES string of the molecule is N#CCNC(=O)[C@H](CC1CCCCC1)OC(=O)N1CC[C@H](O)C1. The van der Waals surface area contributed by atoms with Gasteiger partial charge in [-0.3, -0.25) is 4.79 Å². The molecule has 1 aliphatic carbocycles. The fraction of sp³-hybridized carbons (Fsp3) is 0.812. The summed E-state index contributed by atoms with van der Waals surface area (Å²) in [5.41, 5.74) is 0. The Kier molecular flexibility index (Phi) is 6.66. The molecule has 128 valence electrons. The van der Waals surface area contributed by atoms with Crippen molar-refractivity contribution < 1.29 is 19.4 Å². The van der Waals surface area contributed by atoms with Gasteiger partial charge < -0.3 is 20.1 Å². The first kappa shape index (κ1) is 17.5. The van der Waals surface area contributed by atoms with E-state index < -0.39 is 24.2 Å². The Hall–Kier alpha value is -1.81. The van der Waals surface area contributed by atoms with E-state index in [-0.39, 0.29) is 13.1 Å². The van der Waals surface area contributed by atoms with Gasteiger partial charge in [-0.2, -0.15) is 5.26 Å². The maximum absolute atomic E-state index is 12.2. The summed E-state index contributed by atoms with van der Waals surface area (Å²) in [4.78, 5) is 25.8. The smallest absolute Gasteiger partial charge is 0.410 e. The van der Waals surface area contributed by atoms with Crippen LogP contribution in [0.1, 0.15) is 44.9 Å². The van der Waals surface area contributed by atoms with Gasteiger partial charge in [0.25, 0.3) is 5.91 Å². The van der Waals surface area contributed by atoms with Gasteiger partial charge in [-0.1, -0.05) is 32.1 Å². The first-order chi connectivity index (χ1) is 11.1. The van der Waals surface area contributed by atoms with Gasteiger partial charge in [0.1, 0.15) is 6.54 Å². The number of nitrogens with one attached hydrogen (secondary N) is 1. The van der Waals surface area contributed by atoms with Gasteiger partial charge >= 0.3 is 6.09 Å². The van der Waals surface area contributed by atoms with Crippen molar-refractivity contribution in [1.29, 1.82) is 5.26 Å². The molecule has 2 N–H and O–H groups in total. The molecule has 2 rings (SSSR count). The molecule has 0 unspecified atom stereocenters. The summed E-state index contributed by atoms with van der Waals surface area (Å²) in [7, 11) is 0. The Bertz CT molecular complexity index is 457. The van der Waals surface area contributed by atoms with Crippen LogP contribution in [0.2, 0.25) is 0 Å². The fourth-order valence-corrected chi connectivity index (χ4v) is 3.28. The lowest BCUT2D eigenvalue weighted by Gasteiger charge is -2.27. The van der Waals surface area contributed by atoms with Crippen LogP contribution < -0.4 is 5.32 Å². The Morgan fingerprint density at radius 3 is 2.65 bits per heavy atom. The summed E-state index contributed by atoms with van der Waals surface area (Å²) in [6, 6.07) is 1.86. The molecule has 1 heterocycles. The number of ether oxygens (including phenoxy) is 1. The van der Waals surface area contributed by atoms with E-state index in [1.54, 1.807) is 0 Å². The minimum absolute atomic E-state index is 0.0972. The molecule has 2 fully saturated rings. The second kappa shape index (κ2) is 8.73. The number of aliphatic hydroxyl groups excluding tert-OH is 1. The maximum atomic E-state index is 12.2. The molecular weight excluding hydrogens is 298 g/mol. The van der Waals surface area contributed by atoms with Crippen LogP contribution >= 0.6 is 0 Å². The molecule has 0 aromatic heterocycles. The summed E-state index contributed by atoms with van der Waals surface area (Å²) in [6.45, 7) is 0.588. The molecule has 0 radical (unpaired) electrons. The van der Waals surface area contributed by atoms with E-state index in [2.05, 4.69) is 5.32 Å². The van der Waals surface area contributed by atoms with E-state index in [0.29, 0.717) is 25.3 Å². The largest absolute Gasteiger partial charge is 0.436 e. The molecule has 1 aliphatic heterocycles. The van der Waals surface area contributed by atoms with Crippen LogP contribution in [0.25, 0.3) is 0 Å². The summed E-state index contributed by atoms with van der Waals surface area (Å²) >= 11 is 0. The number of aliphatic hydroxyl groups is 1. The van der Waals surface area contributed by atoms with E-state index >= 15 is 0 Å². The van der Waals surface area contributed by atoms with Gasteiger partial charge in [0.15, 0.2) is 6.10 Å². The quantitative estimate of drug-likeness (QED) is 0.739. The van der Waals surface area contributed by atoms with E-state index in [4.69, 9.17) is 10.00 Å². The lowest BCUT2D eigenvalue weighted by molar-refractivity contribution is -0.130. The zero-order valence-corrected chi connectivity index (χ0v) is 13.4. The van der Waals surface area contributed by atoms with Crippen molar-refractivity contribution in [2.24, 2.45) is 5.92 Å². The van der Waals surface area contributed by atoms with Crippen LogP contribution in [0, 0.1) is 17.2 Å². The molecule has 7 heteroatoms. The van der Waals surface area contributed by atoms with Crippen LogP contribution in [0.15, 0.2) is 0 Å².